The van der Waals surface area contributed by atoms with E-state index in [1.54, 1.807) is 0 Å². The van der Waals surface area contributed by atoms with E-state index in [2.05, 4.69) is 63.5 Å². The summed E-state index contributed by atoms with van der Waals surface area (Å²) in [4.78, 5) is 0. The van der Waals surface area contributed by atoms with Crippen LogP contribution >= 0.6 is 0 Å². The lowest BCUT2D eigenvalue weighted by Gasteiger charge is -2.35. The molecule has 0 spiro atoms. The van der Waals surface area contributed by atoms with Crippen LogP contribution in [0, 0.1) is 0 Å². The van der Waals surface area contributed by atoms with Crippen molar-refractivity contribution < 1.29 is 4.43 Å². The third-order valence-corrected chi connectivity index (χ3v) is 21.0. The van der Waals surface area contributed by atoms with Crippen LogP contribution in [0.3, 0.4) is 0 Å². The largest absolute Gasteiger partial charge is 0.547 e. The van der Waals surface area contributed by atoms with E-state index < -0.39 is 15.9 Å². The molecular weight excluding hydrogens is 256 g/mol. The highest BCUT2D eigenvalue weighted by Gasteiger charge is 2.40. The van der Waals surface area contributed by atoms with Crippen molar-refractivity contribution in [1.82, 2.24) is 0 Å². The molecule has 0 saturated carbocycles. The van der Waals surface area contributed by atoms with Gasteiger partial charge in [-0.25, -0.2) is 0 Å². The van der Waals surface area contributed by atoms with E-state index in [1.165, 1.54) is 5.67 Å². The number of hydrogen-bond acceptors (Lipinski definition) is 1. The first-order chi connectivity index (χ1) is 7.73. The highest BCUT2D eigenvalue weighted by Crippen LogP contribution is 2.25. The number of para-hydroxylation sites is 1. The van der Waals surface area contributed by atoms with Crippen LogP contribution in [0.25, 0.3) is 0 Å². The monoisotopic (exact) mass is 281 g/mol. The zero-order chi connectivity index (χ0) is 13.1. The Labute approximate surface area is 110 Å². The van der Waals surface area contributed by atoms with Gasteiger partial charge in [-0.3, -0.25) is 0 Å². The van der Waals surface area contributed by atoms with Crippen LogP contribution in [0.5, 0.6) is 5.75 Å². The number of rotatable bonds is 5. The van der Waals surface area contributed by atoms with E-state index in [4.69, 9.17) is 4.43 Å². The zero-order valence-electron chi connectivity index (χ0n) is 12.0. The second-order valence-corrected chi connectivity index (χ2v) is 23.8. The second kappa shape index (κ2) is 5.54. The van der Waals surface area contributed by atoms with E-state index in [0.29, 0.717) is 0 Å². The summed E-state index contributed by atoms with van der Waals surface area (Å²) >= 11 is 0. The molecule has 0 aliphatic heterocycles. The Morgan fingerprint density at radius 2 is 1.53 bits per heavy atom. The van der Waals surface area contributed by atoms with Crippen LogP contribution in [0.4, 0.5) is 0 Å². The van der Waals surface area contributed by atoms with Crippen molar-refractivity contribution in [3.8, 4) is 5.75 Å². The second-order valence-electron chi connectivity index (χ2n) is 6.38. The SMILES string of the molecule is C[Si](C)[Si](C)(C[Si](C)(C)C)Oc1ccccc1. The molecule has 4 heteroatoms. The molecule has 0 aromatic heterocycles. The third-order valence-electron chi connectivity index (χ3n) is 3.01. The van der Waals surface area contributed by atoms with Gasteiger partial charge in [-0.05, 0) is 24.3 Å². The minimum Gasteiger partial charge on any atom is -0.547 e. The van der Waals surface area contributed by atoms with Gasteiger partial charge >= 0.3 is 0 Å². The Bertz CT molecular complexity index is 345. The van der Waals surface area contributed by atoms with Gasteiger partial charge in [0.1, 0.15) is 5.75 Å². The molecule has 1 aromatic carbocycles. The zero-order valence-corrected chi connectivity index (χ0v) is 15.0. The lowest BCUT2D eigenvalue weighted by molar-refractivity contribution is 0.566. The fourth-order valence-electron chi connectivity index (χ4n) is 2.08. The van der Waals surface area contributed by atoms with Crippen molar-refractivity contribution in [3.63, 3.8) is 0 Å². The van der Waals surface area contributed by atoms with Gasteiger partial charge in [-0.15, -0.1) is 0 Å². The maximum absolute atomic E-state index is 6.46. The van der Waals surface area contributed by atoms with E-state index in [9.17, 15) is 0 Å². The summed E-state index contributed by atoms with van der Waals surface area (Å²) in [6.07, 6.45) is 0. The number of benzene rings is 1. The molecule has 1 nitrogen and oxygen atoms in total. The molecule has 0 heterocycles. The van der Waals surface area contributed by atoms with Crippen molar-refractivity contribution >= 4 is 24.2 Å². The molecule has 1 radical (unpaired) electrons. The van der Waals surface area contributed by atoms with Gasteiger partial charge in [-0.2, -0.15) is 0 Å². The highest BCUT2D eigenvalue weighted by molar-refractivity contribution is 7.32. The third kappa shape index (κ3) is 4.81. The van der Waals surface area contributed by atoms with E-state index >= 15 is 0 Å². The maximum Gasteiger partial charge on any atom is 0.226 e. The van der Waals surface area contributed by atoms with Gasteiger partial charge in [0.05, 0.1) is 8.31 Å². The van der Waals surface area contributed by atoms with Crippen LogP contribution < -0.4 is 4.43 Å². The topological polar surface area (TPSA) is 9.23 Å². The van der Waals surface area contributed by atoms with Crippen molar-refractivity contribution in [2.75, 3.05) is 0 Å². The molecule has 1 rings (SSSR count). The molecule has 1 unspecified atom stereocenters. The molecule has 0 bridgehead atoms. The molecule has 17 heavy (non-hydrogen) atoms. The normalized spacial score (nSPS) is 15.7. The molecule has 1 atom stereocenters. The molecule has 0 saturated heterocycles. The van der Waals surface area contributed by atoms with Crippen LogP contribution in [-0.4, -0.2) is 24.2 Å². The minimum atomic E-state index is -1.54. The van der Waals surface area contributed by atoms with Gasteiger partial charge in [0.15, 0.2) is 0 Å². The van der Waals surface area contributed by atoms with Gasteiger partial charge in [-0.1, -0.05) is 50.9 Å². The van der Waals surface area contributed by atoms with Crippen LogP contribution in [-0.2, 0) is 0 Å². The lowest BCUT2D eigenvalue weighted by Crippen LogP contribution is -2.55. The molecule has 0 N–H and O–H groups in total. The molecule has 0 fully saturated rings. The summed E-state index contributed by atoms with van der Waals surface area (Å²) in [6, 6.07) is 10.4. The van der Waals surface area contributed by atoms with Gasteiger partial charge < -0.3 is 4.43 Å². The fraction of sp³-hybridized carbons (Fsp3) is 0.538. The molecule has 95 valence electrons. The quantitative estimate of drug-likeness (QED) is 0.729. The molecule has 0 aliphatic carbocycles. The van der Waals surface area contributed by atoms with Crippen molar-refractivity contribution in [2.24, 2.45) is 0 Å². The average molecular weight is 282 g/mol. The van der Waals surface area contributed by atoms with E-state index in [-0.39, 0.29) is 8.31 Å². The fourth-order valence-corrected chi connectivity index (χ4v) is 21.7. The summed E-state index contributed by atoms with van der Waals surface area (Å²) < 4.78 is 6.46. The Morgan fingerprint density at radius 1 is 1.00 bits per heavy atom. The Kier molecular flexibility index (Phi) is 4.80. The van der Waals surface area contributed by atoms with E-state index in [0.717, 1.165) is 5.75 Å². The predicted octanol–water partition coefficient (Wildman–Crippen LogP) is 4.35. The highest BCUT2D eigenvalue weighted by atomic mass is 29.2. The number of hydrogen-bond donors (Lipinski definition) is 0. The first-order valence-corrected chi connectivity index (χ1v) is 16.1. The summed E-state index contributed by atoms with van der Waals surface area (Å²) in [6.45, 7) is 14.6. The first kappa shape index (κ1) is 14.7. The summed E-state index contributed by atoms with van der Waals surface area (Å²) in [5, 5.41) is 0. The van der Waals surface area contributed by atoms with Crippen molar-refractivity contribution in [2.45, 2.75) is 44.9 Å². The van der Waals surface area contributed by atoms with Crippen molar-refractivity contribution in [3.05, 3.63) is 30.3 Å². The lowest BCUT2D eigenvalue weighted by atomic mass is 10.3. The molecule has 0 amide bonds. The standard InChI is InChI=1S/C13H25OSi3/c1-15(2)17(6,12-16(3,4)5)14-13-10-8-7-9-11-13/h7-11H,12H2,1-6H3. The van der Waals surface area contributed by atoms with Gasteiger partial charge in [0.2, 0.25) is 7.83 Å². The van der Waals surface area contributed by atoms with Crippen molar-refractivity contribution in [1.29, 1.82) is 0 Å². The molecular formula is C13H25OSi3. The van der Waals surface area contributed by atoms with Crippen LogP contribution in [0.1, 0.15) is 0 Å². The predicted molar refractivity (Wildman–Crippen MR) is 84.3 cm³/mol. The summed E-state index contributed by atoms with van der Waals surface area (Å²) in [7, 11) is -2.94. The van der Waals surface area contributed by atoms with Crippen LogP contribution in [0.2, 0.25) is 44.9 Å². The first-order valence-electron chi connectivity index (χ1n) is 6.28. The molecule has 1 aromatic rings. The minimum absolute atomic E-state index is 0.351. The Hall–Kier alpha value is -0.329. The smallest absolute Gasteiger partial charge is 0.226 e. The average Bonchev–Trinajstić information content (AvgIpc) is 2.15. The Balaban J connectivity index is 2.86. The Morgan fingerprint density at radius 3 is 1.94 bits per heavy atom. The maximum atomic E-state index is 6.46. The van der Waals surface area contributed by atoms with Gasteiger partial charge in [0.25, 0.3) is 0 Å². The van der Waals surface area contributed by atoms with E-state index in [1.807, 2.05) is 6.07 Å². The summed E-state index contributed by atoms with van der Waals surface area (Å²) in [5.41, 5.74) is 1.37. The van der Waals surface area contributed by atoms with Gasteiger partial charge in [0, 0.05) is 8.07 Å². The molecule has 0 aliphatic rings. The van der Waals surface area contributed by atoms with Crippen LogP contribution in [0.15, 0.2) is 30.3 Å². The summed E-state index contributed by atoms with van der Waals surface area (Å²) in [5.74, 6) is 1.08.